The number of halogens is 1. The molecule has 0 aromatic heterocycles. The zero-order valence-corrected chi connectivity index (χ0v) is 8.89. The number of nitro groups is 1. The molecule has 0 aliphatic heterocycles. The van der Waals surface area contributed by atoms with Gasteiger partial charge in [0.15, 0.2) is 0 Å². The van der Waals surface area contributed by atoms with Crippen LogP contribution in [0.3, 0.4) is 0 Å². The lowest BCUT2D eigenvalue weighted by molar-refractivity contribution is -0.490. The predicted molar refractivity (Wildman–Crippen MR) is 57.6 cm³/mol. The molecule has 5 heteroatoms. The Labute approximate surface area is 93.0 Å². The standard InChI is InChI=1S/C10H12ClNO3/c11-6-10(7-12(13)14)15-8-9-4-2-1-3-5-9/h1-5,10H,6-8H2. The first-order valence-electron chi connectivity index (χ1n) is 4.55. The monoisotopic (exact) mass is 229 g/mol. The van der Waals surface area contributed by atoms with Crippen molar-refractivity contribution in [1.82, 2.24) is 0 Å². The van der Waals surface area contributed by atoms with Crippen LogP contribution in [0.4, 0.5) is 0 Å². The fourth-order valence-electron chi connectivity index (χ4n) is 1.10. The largest absolute Gasteiger partial charge is 0.365 e. The van der Waals surface area contributed by atoms with E-state index in [0.29, 0.717) is 6.61 Å². The highest BCUT2D eigenvalue weighted by Crippen LogP contribution is 2.04. The summed E-state index contributed by atoms with van der Waals surface area (Å²) in [5, 5.41) is 10.2. The molecule has 82 valence electrons. The first-order valence-corrected chi connectivity index (χ1v) is 5.09. The van der Waals surface area contributed by atoms with Crippen molar-refractivity contribution < 1.29 is 9.66 Å². The molecular weight excluding hydrogens is 218 g/mol. The van der Waals surface area contributed by atoms with Crippen molar-refractivity contribution in [3.63, 3.8) is 0 Å². The molecule has 0 bridgehead atoms. The number of ether oxygens (including phenoxy) is 1. The molecule has 0 aliphatic carbocycles. The quantitative estimate of drug-likeness (QED) is 0.426. The summed E-state index contributed by atoms with van der Waals surface area (Å²) < 4.78 is 5.31. The highest BCUT2D eigenvalue weighted by Gasteiger charge is 2.14. The zero-order valence-electron chi connectivity index (χ0n) is 8.14. The third kappa shape index (κ3) is 4.76. The van der Waals surface area contributed by atoms with Crippen molar-refractivity contribution in [3.05, 3.63) is 46.0 Å². The SMILES string of the molecule is O=[N+]([O-])CC(CCl)OCc1ccccc1. The second kappa shape index (κ2) is 6.37. The molecule has 0 saturated heterocycles. The topological polar surface area (TPSA) is 52.4 Å². The third-order valence-electron chi connectivity index (χ3n) is 1.85. The van der Waals surface area contributed by atoms with Crippen molar-refractivity contribution in [3.8, 4) is 0 Å². The van der Waals surface area contributed by atoms with Crippen LogP contribution in [-0.2, 0) is 11.3 Å². The van der Waals surface area contributed by atoms with E-state index in [0.717, 1.165) is 5.56 Å². The van der Waals surface area contributed by atoms with Crippen molar-refractivity contribution >= 4 is 11.6 Å². The number of benzene rings is 1. The summed E-state index contributed by atoms with van der Waals surface area (Å²) >= 11 is 5.55. The summed E-state index contributed by atoms with van der Waals surface area (Å²) in [5.41, 5.74) is 0.982. The zero-order chi connectivity index (χ0) is 11.1. The van der Waals surface area contributed by atoms with Crippen molar-refractivity contribution in [2.45, 2.75) is 12.7 Å². The Balaban J connectivity index is 2.37. The Kier molecular flexibility index (Phi) is 5.07. The third-order valence-corrected chi connectivity index (χ3v) is 2.20. The Bertz CT molecular complexity index is 305. The molecule has 0 amide bonds. The minimum absolute atomic E-state index is 0.133. The number of hydrogen-bond acceptors (Lipinski definition) is 3. The summed E-state index contributed by atoms with van der Waals surface area (Å²) in [6, 6.07) is 9.48. The Morgan fingerprint density at radius 1 is 1.40 bits per heavy atom. The fraction of sp³-hybridized carbons (Fsp3) is 0.400. The van der Waals surface area contributed by atoms with Gasteiger partial charge in [0.05, 0.1) is 12.5 Å². The van der Waals surface area contributed by atoms with Crippen LogP contribution in [0.25, 0.3) is 0 Å². The van der Waals surface area contributed by atoms with Crippen molar-refractivity contribution in [2.24, 2.45) is 0 Å². The van der Waals surface area contributed by atoms with E-state index in [1.54, 1.807) is 0 Å². The van der Waals surface area contributed by atoms with Crippen molar-refractivity contribution in [1.29, 1.82) is 0 Å². The average molecular weight is 230 g/mol. The van der Waals surface area contributed by atoms with Crippen LogP contribution in [0.15, 0.2) is 30.3 Å². The van der Waals surface area contributed by atoms with Gasteiger partial charge in [-0.1, -0.05) is 30.3 Å². The molecule has 0 fully saturated rings. The first-order chi connectivity index (χ1) is 7.22. The molecule has 1 unspecified atom stereocenters. The summed E-state index contributed by atoms with van der Waals surface area (Å²) in [5.74, 6) is 0.133. The highest BCUT2D eigenvalue weighted by atomic mass is 35.5. The summed E-state index contributed by atoms with van der Waals surface area (Å²) in [6.07, 6.45) is -0.526. The van der Waals surface area contributed by atoms with E-state index >= 15 is 0 Å². The van der Waals surface area contributed by atoms with Crippen LogP contribution in [0.5, 0.6) is 0 Å². The van der Waals surface area contributed by atoms with Gasteiger partial charge >= 0.3 is 0 Å². The van der Waals surface area contributed by atoms with Gasteiger partial charge in [0.1, 0.15) is 6.10 Å². The van der Waals surface area contributed by atoms with Gasteiger partial charge in [0.2, 0.25) is 6.54 Å². The molecule has 15 heavy (non-hydrogen) atoms. The van der Waals surface area contributed by atoms with Gasteiger partial charge < -0.3 is 4.74 Å². The van der Waals surface area contributed by atoms with Gasteiger partial charge in [-0.15, -0.1) is 11.6 Å². The second-order valence-corrected chi connectivity index (χ2v) is 3.40. The number of hydrogen-bond donors (Lipinski definition) is 0. The van der Waals surface area contributed by atoms with E-state index in [1.807, 2.05) is 30.3 Å². The molecule has 0 heterocycles. The molecule has 1 aromatic carbocycles. The van der Waals surface area contributed by atoms with Gasteiger partial charge in [0, 0.05) is 4.92 Å². The Morgan fingerprint density at radius 2 is 2.07 bits per heavy atom. The van der Waals surface area contributed by atoms with Gasteiger partial charge in [-0.3, -0.25) is 10.1 Å². The maximum Gasteiger partial charge on any atom is 0.230 e. The first kappa shape index (κ1) is 11.9. The minimum atomic E-state index is -0.526. The van der Waals surface area contributed by atoms with Crippen LogP contribution >= 0.6 is 11.6 Å². The van der Waals surface area contributed by atoms with Gasteiger partial charge in [-0.05, 0) is 5.56 Å². The highest BCUT2D eigenvalue weighted by molar-refractivity contribution is 6.18. The molecule has 1 atom stereocenters. The molecule has 1 aromatic rings. The van der Waals surface area contributed by atoms with E-state index in [2.05, 4.69) is 0 Å². The maximum absolute atomic E-state index is 10.2. The van der Waals surface area contributed by atoms with E-state index in [-0.39, 0.29) is 12.4 Å². The molecule has 0 saturated carbocycles. The lowest BCUT2D eigenvalue weighted by Gasteiger charge is -2.10. The van der Waals surface area contributed by atoms with Crippen LogP contribution in [0.1, 0.15) is 5.56 Å². The Morgan fingerprint density at radius 3 is 2.60 bits per heavy atom. The molecular formula is C10H12ClNO3. The smallest absolute Gasteiger partial charge is 0.230 e. The van der Waals surface area contributed by atoms with E-state index in [4.69, 9.17) is 16.3 Å². The minimum Gasteiger partial charge on any atom is -0.365 e. The summed E-state index contributed by atoms with van der Waals surface area (Å²) in [4.78, 5) is 9.83. The van der Waals surface area contributed by atoms with E-state index < -0.39 is 11.0 Å². The van der Waals surface area contributed by atoms with Gasteiger partial charge in [-0.25, -0.2) is 0 Å². The molecule has 4 nitrogen and oxygen atoms in total. The lowest BCUT2D eigenvalue weighted by Crippen LogP contribution is -2.24. The molecule has 0 N–H and O–H groups in total. The molecule has 0 radical (unpaired) electrons. The molecule has 1 rings (SSSR count). The van der Waals surface area contributed by atoms with Crippen LogP contribution in [-0.4, -0.2) is 23.5 Å². The second-order valence-electron chi connectivity index (χ2n) is 3.09. The van der Waals surface area contributed by atoms with Crippen LogP contribution in [0.2, 0.25) is 0 Å². The number of nitrogens with zero attached hydrogens (tertiary/aromatic N) is 1. The van der Waals surface area contributed by atoms with Gasteiger partial charge in [0.25, 0.3) is 0 Å². The normalized spacial score (nSPS) is 12.3. The van der Waals surface area contributed by atoms with Crippen molar-refractivity contribution in [2.75, 3.05) is 12.4 Å². The average Bonchev–Trinajstić information content (AvgIpc) is 2.25. The maximum atomic E-state index is 10.2. The summed E-state index contributed by atoms with van der Waals surface area (Å²) in [7, 11) is 0. The lowest BCUT2D eigenvalue weighted by atomic mass is 10.2. The van der Waals surface area contributed by atoms with Crippen LogP contribution in [0, 0.1) is 10.1 Å². The fourth-order valence-corrected chi connectivity index (χ4v) is 1.29. The number of alkyl halides is 1. The van der Waals surface area contributed by atoms with E-state index in [9.17, 15) is 10.1 Å². The Hall–Kier alpha value is -1.13. The van der Waals surface area contributed by atoms with Crippen LogP contribution < -0.4 is 0 Å². The predicted octanol–water partition coefficient (Wildman–Crippen LogP) is 2.09. The number of rotatable bonds is 6. The van der Waals surface area contributed by atoms with E-state index in [1.165, 1.54) is 0 Å². The molecule has 0 spiro atoms. The molecule has 0 aliphatic rings. The van der Waals surface area contributed by atoms with Gasteiger partial charge in [-0.2, -0.15) is 0 Å². The summed E-state index contributed by atoms with van der Waals surface area (Å²) in [6.45, 7) is 0.0996.